The number of nitriles is 1. The molecule has 0 saturated carbocycles. The second-order valence-corrected chi connectivity index (χ2v) is 24.1. The van der Waals surface area contributed by atoms with Crippen molar-refractivity contribution in [2.24, 2.45) is 10.2 Å². The Morgan fingerprint density at radius 3 is 1.78 bits per heavy atom. The Morgan fingerprint density at radius 1 is 0.662 bits per heavy atom. The summed E-state index contributed by atoms with van der Waals surface area (Å²) in [6.45, 7) is 19.9. The summed E-state index contributed by atoms with van der Waals surface area (Å²) in [7, 11) is -14.6. The summed E-state index contributed by atoms with van der Waals surface area (Å²) in [5.74, 6) is 0.229. The molecule has 74 heavy (non-hydrogen) atoms. The number of benzene rings is 4. The third-order valence-corrected chi connectivity index (χ3v) is 16.7. The van der Waals surface area contributed by atoms with E-state index in [1.165, 1.54) is 48.9 Å². The van der Waals surface area contributed by atoms with Crippen molar-refractivity contribution in [3.8, 4) is 11.2 Å². The van der Waals surface area contributed by atoms with E-state index in [-0.39, 0.29) is 205 Å². The van der Waals surface area contributed by atoms with E-state index < -0.39 is 50.5 Å². The van der Waals surface area contributed by atoms with Gasteiger partial charge >= 0.3 is 154 Å². The summed E-state index contributed by atoms with van der Waals surface area (Å²) < 4.78 is 112. The first kappa shape index (κ1) is 63.2. The summed E-state index contributed by atoms with van der Waals surface area (Å²) >= 11 is 2.12. The van der Waals surface area contributed by atoms with Crippen molar-refractivity contribution in [1.82, 2.24) is 24.7 Å². The second-order valence-electron chi connectivity index (χ2n) is 18.0. The molecule has 0 aliphatic heterocycles. The number of pyridine rings is 1. The molecule has 0 spiro atoms. The van der Waals surface area contributed by atoms with Gasteiger partial charge in [-0.3, -0.25) is 4.90 Å². The van der Waals surface area contributed by atoms with Crippen molar-refractivity contribution in [3.63, 3.8) is 0 Å². The van der Waals surface area contributed by atoms with Gasteiger partial charge in [0.1, 0.15) is 53.5 Å². The van der Waals surface area contributed by atoms with Crippen LogP contribution < -0.4 is 164 Å². The zero-order chi connectivity index (χ0) is 52.0. The first-order valence-corrected chi connectivity index (χ1v) is 27.2. The smallest absolute Gasteiger partial charge is 0.744 e. The first-order chi connectivity index (χ1) is 33.0. The van der Waals surface area contributed by atoms with Crippen molar-refractivity contribution in [3.05, 3.63) is 110 Å². The van der Waals surface area contributed by atoms with E-state index in [0.29, 0.717) is 48.1 Å². The van der Waals surface area contributed by atoms with Crippen molar-refractivity contribution >= 4 is 113 Å². The number of thiazole rings is 2. The van der Waals surface area contributed by atoms with Crippen LogP contribution in [-0.2, 0) is 35.8 Å². The molecule has 0 radical (unpaired) electrons. The fourth-order valence-electron chi connectivity index (χ4n) is 8.41. The Kier molecular flexibility index (Phi) is 20.1. The molecule has 8 rings (SSSR count). The molecule has 0 aliphatic rings. The zero-order valence-corrected chi connectivity index (χ0v) is 56.4. The third-order valence-electron chi connectivity index (χ3n) is 11.9. The fourth-order valence-corrected chi connectivity index (χ4v) is 12.5. The van der Waals surface area contributed by atoms with Gasteiger partial charge in [0.15, 0.2) is 16.8 Å². The average molecular weight is 1170 g/mol. The van der Waals surface area contributed by atoms with Crippen molar-refractivity contribution in [1.29, 1.82) is 5.26 Å². The van der Waals surface area contributed by atoms with Crippen LogP contribution in [-0.4, -0.2) is 63.6 Å². The topological polar surface area (TPSA) is 292 Å². The number of fused-ring (bicyclic) bond motifs is 2. The van der Waals surface area contributed by atoms with Gasteiger partial charge in [0.25, 0.3) is 0 Å². The Labute approximate surface area is 564 Å². The summed E-state index contributed by atoms with van der Waals surface area (Å²) in [5, 5.41) is 28.7. The van der Waals surface area contributed by atoms with Gasteiger partial charge in [-0.05, 0) is 142 Å². The largest absolute Gasteiger partial charge is 1.00 e. The van der Waals surface area contributed by atoms with Crippen molar-refractivity contribution < 1.29 is 193 Å². The predicted octanol–water partition coefficient (Wildman–Crippen LogP) is 1.48. The van der Waals surface area contributed by atoms with E-state index in [1.54, 1.807) is 30.9 Å². The van der Waals surface area contributed by atoms with Crippen LogP contribution in [0.4, 0.5) is 39.6 Å². The third kappa shape index (κ3) is 12.7. The number of aromatic nitrogens is 5. The van der Waals surface area contributed by atoms with Gasteiger partial charge < -0.3 is 19.0 Å². The van der Waals surface area contributed by atoms with Gasteiger partial charge in [0.05, 0.1) is 46.5 Å². The van der Waals surface area contributed by atoms with E-state index in [1.807, 2.05) is 54.5 Å². The Morgan fingerprint density at radius 2 is 1.23 bits per heavy atom. The zero-order valence-electron chi connectivity index (χ0n) is 42.9. The molecule has 4 aromatic heterocycles. The van der Waals surface area contributed by atoms with Crippen LogP contribution in [0.1, 0.15) is 76.5 Å². The monoisotopic (exact) mass is 1170 g/mol. The number of nitrogens with zero attached hydrogens (tertiary/aromatic N) is 9. The van der Waals surface area contributed by atoms with Crippen LogP contribution in [0.15, 0.2) is 79.5 Å². The molecular formula is C47H43K3N10O9S5. The number of anilines is 5. The van der Waals surface area contributed by atoms with Crippen LogP contribution in [0.3, 0.4) is 0 Å². The SMILES string of the molecule is Cc1cc(C)c(N(c2cc(C)c(N=Nc3c(C#N)c(C(C)(C)C)nn3-c3nc4ccc(S(=O)(=O)[O-])cc4s3)c(Nc3c(C)cc(C)c(S(=O)(=O)[O-])c3C)n2)c2nc3ccc(S(=O)(=O)[O-])cc3s2)c(C)c1C.[K+].[K+].[K+]. The normalized spacial score (nSPS) is 12.1. The molecule has 0 saturated heterocycles. The summed E-state index contributed by atoms with van der Waals surface area (Å²) in [6.07, 6.45) is 0. The molecule has 4 heterocycles. The van der Waals surface area contributed by atoms with E-state index in [0.717, 1.165) is 51.0 Å². The van der Waals surface area contributed by atoms with Gasteiger partial charge in [0, 0.05) is 11.1 Å². The number of nitrogens with one attached hydrogen (secondary N) is 1. The quantitative estimate of drug-likeness (QED) is 0.109. The molecule has 4 aromatic carbocycles. The number of hydrogen-bond acceptors (Lipinski definition) is 20. The van der Waals surface area contributed by atoms with E-state index in [2.05, 4.69) is 21.5 Å². The minimum Gasteiger partial charge on any atom is -0.744 e. The van der Waals surface area contributed by atoms with E-state index in [4.69, 9.17) is 20.2 Å². The van der Waals surface area contributed by atoms with Crippen LogP contribution >= 0.6 is 22.7 Å². The minimum atomic E-state index is -4.98. The molecule has 0 amide bonds. The molecule has 1 N–H and O–H groups in total. The maximum Gasteiger partial charge on any atom is 1.00 e. The summed E-state index contributed by atoms with van der Waals surface area (Å²) in [4.78, 5) is 15.2. The standard InChI is InChI=1S/C47H46N10O9S5.3K/c1-22-16-25(4)40(28(7)27(22)6)56(45-49-33-14-12-30(69(58,59)60)19-35(33)67-45)37-18-24(3)39(43(51-37)52-38-23(2)17-26(5)41(29(38)8)71(64,65)66)53-54-44-32(21-48)42(47(9,10)11)55-57(44)46-50-34-15-13-31(70(61,62)63)20-36(34)68-46;;;/h12-20H,1-11H3,(H,51,52)(H,58,59,60)(H,61,62,63)(H,64,65,66);;;/q;3*+1/p-3. The molecule has 368 valence electrons. The summed E-state index contributed by atoms with van der Waals surface area (Å²) in [5.41, 5.74) is 6.47. The molecule has 27 heteroatoms. The van der Waals surface area contributed by atoms with Gasteiger partial charge in [-0.2, -0.15) is 15.0 Å². The van der Waals surface area contributed by atoms with Gasteiger partial charge in [0.2, 0.25) is 5.13 Å². The Bertz CT molecular complexity index is 4020. The molecule has 8 aromatic rings. The number of hydrogen-bond donors (Lipinski definition) is 1. The molecule has 0 unspecified atom stereocenters. The number of aryl methyl sites for hydroxylation is 5. The molecule has 19 nitrogen and oxygen atoms in total. The minimum absolute atomic E-state index is 0. The van der Waals surface area contributed by atoms with Crippen molar-refractivity contribution in [2.45, 2.75) is 96.3 Å². The first-order valence-electron chi connectivity index (χ1n) is 21.4. The predicted molar refractivity (Wildman–Crippen MR) is 268 cm³/mol. The van der Waals surface area contributed by atoms with Crippen LogP contribution in [0.2, 0.25) is 0 Å². The van der Waals surface area contributed by atoms with Gasteiger partial charge in [-0.25, -0.2) is 40.2 Å². The maximum atomic E-state index is 12.7. The molecule has 0 aliphatic carbocycles. The average Bonchev–Trinajstić information content (AvgIpc) is 3.98. The second kappa shape index (κ2) is 23.6. The molecular weight excluding hydrogens is 1130 g/mol. The summed E-state index contributed by atoms with van der Waals surface area (Å²) in [6, 6.07) is 15.2. The van der Waals surface area contributed by atoms with Crippen LogP contribution in [0, 0.1) is 66.7 Å². The van der Waals surface area contributed by atoms with Crippen LogP contribution in [0.25, 0.3) is 25.6 Å². The maximum absolute atomic E-state index is 12.7. The Hall–Kier alpha value is -1.65. The van der Waals surface area contributed by atoms with Crippen LogP contribution in [0.5, 0.6) is 0 Å². The molecule has 0 atom stereocenters. The molecule has 0 bridgehead atoms. The van der Waals surface area contributed by atoms with E-state index in [9.17, 15) is 44.2 Å². The Balaban J connectivity index is 0.00000338. The molecule has 0 fully saturated rings. The van der Waals surface area contributed by atoms with Gasteiger partial charge in [-0.15, -0.1) is 10.2 Å². The number of rotatable bonds is 11. The van der Waals surface area contributed by atoms with E-state index >= 15 is 0 Å². The van der Waals surface area contributed by atoms with Gasteiger partial charge in [-0.1, -0.05) is 55.6 Å². The number of azo groups is 1. The fraction of sp³-hybridized carbons (Fsp3) is 0.255. The van der Waals surface area contributed by atoms with Crippen molar-refractivity contribution in [2.75, 3.05) is 10.2 Å².